The number of hydrogen-bond acceptors (Lipinski definition) is 5. The number of nitrogens with one attached hydrogen (secondary N) is 1. The van der Waals surface area contributed by atoms with E-state index in [-0.39, 0.29) is 10.5 Å². The number of esters is 1. The molecule has 0 saturated carbocycles. The van der Waals surface area contributed by atoms with Crippen LogP contribution in [-0.2, 0) is 19.4 Å². The Morgan fingerprint density at radius 2 is 1.88 bits per heavy atom. The molecular weight excluding hydrogens is 366 g/mol. The van der Waals surface area contributed by atoms with E-state index in [1.165, 1.54) is 24.3 Å². The molecule has 0 spiro atoms. The van der Waals surface area contributed by atoms with Gasteiger partial charge in [0.15, 0.2) is 16.4 Å². The van der Waals surface area contributed by atoms with E-state index in [0.717, 1.165) is 11.8 Å². The predicted molar refractivity (Wildman–Crippen MR) is 94.7 cm³/mol. The van der Waals surface area contributed by atoms with Crippen molar-refractivity contribution in [2.75, 3.05) is 18.2 Å². The average molecular weight is 382 g/mol. The molecule has 0 aliphatic heterocycles. The Morgan fingerprint density at radius 1 is 1.16 bits per heavy atom. The third-order valence-corrected chi connectivity index (χ3v) is 4.64. The molecule has 0 atom stereocenters. The minimum atomic E-state index is -3.44. The van der Waals surface area contributed by atoms with E-state index >= 15 is 0 Å². The smallest absolute Gasteiger partial charge is 0.338 e. The number of aryl methyl sites for hydroxylation is 1. The Bertz CT molecular complexity index is 924. The third-order valence-electron chi connectivity index (χ3n) is 3.29. The maximum Gasteiger partial charge on any atom is 0.338 e. The summed E-state index contributed by atoms with van der Waals surface area (Å²) in [4.78, 5) is 23.9. The highest BCUT2D eigenvalue weighted by molar-refractivity contribution is 7.90. The molecule has 0 radical (unpaired) electrons. The number of amides is 1. The highest BCUT2D eigenvalue weighted by Gasteiger charge is 2.14. The van der Waals surface area contributed by atoms with E-state index in [9.17, 15) is 18.0 Å². The first kappa shape index (κ1) is 19.0. The Balaban J connectivity index is 1.99. The second kappa shape index (κ2) is 7.67. The number of benzene rings is 2. The minimum absolute atomic E-state index is 0.00295. The van der Waals surface area contributed by atoms with Crippen molar-refractivity contribution in [1.82, 2.24) is 0 Å². The first-order valence-corrected chi connectivity index (χ1v) is 9.47. The van der Waals surface area contributed by atoms with Crippen LogP contribution in [0.15, 0.2) is 47.4 Å². The summed E-state index contributed by atoms with van der Waals surface area (Å²) in [7, 11) is -3.44. The molecule has 25 heavy (non-hydrogen) atoms. The van der Waals surface area contributed by atoms with Crippen LogP contribution in [-0.4, -0.2) is 33.2 Å². The van der Waals surface area contributed by atoms with Crippen molar-refractivity contribution in [2.45, 2.75) is 11.8 Å². The highest BCUT2D eigenvalue weighted by Crippen LogP contribution is 2.19. The Kier molecular flexibility index (Phi) is 5.81. The number of halogens is 1. The topological polar surface area (TPSA) is 89.5 Å². The van der Waals surface area contributed by atoms with Gasteiger partial charge >= 0.3 is 5.97 Å². The molecule has 0 aromatic heterocycles. The van der Waals surface area contributed by atoms with Crippen molar-refractivity contribution in [3.8, 4) is 0 Å². The normalized spacial score (nSPS) is 11.0. The fourth-order valence-electron chi connectivity index (χ4n) is 2.02. The summed E-state index contributed by atoms with van der Waals surface area (Å²) >= 11 is 5.84. The van der Waals surface area contributed by atoms with Gasteiger partial charge < -0.3 is 10.1 Å². The fourth-order valence-corrected chi connectivity index (χ4v) is 2.92. The van der Waals surface area contributed by atoms with Gasteiger partial charge in [-0.05, 0) is 48.9 Å². The molecule has 1 N–H and O–H groups in total. The Morgan fingerprint density at radius 3 is 2.52 bits per heavy atom. The molecule has 0 saturated heterocycles. The van der Waals surface area contributed by atoms with Crippen molar-refractivity contribution in [3.05, 3.63) is 58.6 Å². The molecule has 8 heteroatoms. The molecule has 0 bridgehead atoms. The molecule has 0 heterocycles. The Hall–Kier alpha value is -2.38. The summed E-state index contributed by atoms with van der Waals surface area (Å²) in [5, 5.41) is 3.16. The lowest BCUT2D eigenvalue weighted by atomic mass is 10.2. The molecule has 0 aliphatic carbocycles. The molecule has 132 valence electrons. The summed E-state index contributed by atoms with van der Waals surface area (Å²) in [6.07, 6.45) is 1.04. The zero-order chi connectivity index (χ0) is 18.6. The zero-order valence-electron chi connectivity index (χ0n) is 13.6. The SMILES string of the molecule is Cc1cc(Cl)ccc1NC(=O)COC(=O)c1cccc(S(C)(=O)=O)c1. The standard InChI is InChI=1S/C17H16ClNO5S/c1-11-8-13(18)6-7-15(11)19-16(20)10-24-17(21)12-4-3-5-14(9-12)25(2,22)23/h3-9H,10H2,1-2H3,(H,19,20). The van der Waals surface area contributed by atoms with Crippen molar-refractivity contribution in [1.29, 1.82) is 0 Å². The monoisotopic (exact) mass is 381 g/mol. The second-order valence-corrected chi connectivity index (χ2v) is 7.84. The minimum Gasteiger partial charge on any atom is -0.452 e. The summed E-state index contributed by atoms with van der Waals surface area (Å²) in [6, 6.07) is 10.4. The van der Waals surface area contributed by atoms with Crippen LogP contribution in [0.2, 0.25) is 5.02 Å². The van der Waals surface area contributed by atoms with Gasteiger partial charge in [0, 0.05) is 17.0 Å². The summed E-state index contributed by atoms with van der Waals surface area (Å²) in [5.74, 6) is -1.30. The van der Waals surface area contributed by atoms with Gasteiger partial charge in [-0.2, -0.15) is 0 Å². The Labute approximate surface area is 150 Å². The molecule has 1 amide bonds. The zero-order valence-corrected chi connectivity index (χ0v) is 15.1. The van der Waals surface area contributed by atoms with Gasteiger partial charge in [-0.15, -0.1) is 0 Å². The van der Waals surface area contributed by atoms with E-state index in [1.807, 2.05) is 0 Å². The van der Waals surface area contributed by atoms with Crippen LogP contribution < -0.4 is 5.32 Å². The lowest BCUT2D eigenvalue weighted by molar-refractivity contribution is -0.119. The largest absolute Gasteiger partial charge is 0.452 e. The van der Waals surface area contributed by atoms with Gasteiger partial charge in [0.1, 0.15) is 0 Å². The van der Waals surface area contributed by atoms with Crippen molar-refractivity contribution in [3.63, 3.8) is 0 Å². The van der Waals surface area contributed by atoms with Crippen molar-refractivity contribution < 1.29 is 22.7 Å². The molecule has 0 unspecified atom stereocenters. The van der Waals surface area contributed by atoms with Crippen LogP contribution in [0.1, 0.15) is 15.9 Å². The van der Waals surface area contributed by atoms with Crippen LogP contribution in [0.25, 0.3) is 0 Å². The quantitative estimate of drug-likeness (QED) is 0.804. The molecule has 2 rings (SSSR count). The second-order valence-electron chi connectivity index (χ2n) is 5.38. The summed E-state index contributed by atoms with van der Waals surface area (Å²) < 4.78 is 27.9. The van der Waals surface area contributed by atoms with Crippen LogP contribution in [0.4, 0.5) is 5.69 Å². The molecule has 0 fully saturated rings. The number of anilines is 1. The van der Waals surface area contributed by atoms with Crippen LogP contribution >= 0.6 is 11.6 Å². The highest BCUT2D eigenvalue weighted by atomic mass is 35.5. The maximum atomic E-state index is 12.0. The van der Waals surface area contributed by atoms with Gasteiger partial charge in [-0.25, -0.2) is 13.2 Å². The van der Waals surface area contributed by atoms with Crippen LogP contribution in [0.3, 0.4) is 0 Å². The predicted octanol–water partition coefficient (Wildman–Crippen LogP) is 2.85. The van der Waals surface area contributed by atoms with Gasteiger partial charge in [-0.1, -0.05) is 17.7 Å². The van der Waals surface area contributed by atoms with Crippen LogP contribution in [0, 0.1) is 6.92 Å². The number of carbonyl (C=O) groups is 2. The number of carbonyl (C=O) groups excluding carboxylic acids is 2. The van der Waals surface area contributed by atoms with E-state index < -0.39 is 28.3 Å². The first-order chi connectivity index (χ1) is 11.7. The molecule has 2 aromatic rings. The molecule has 6 nitrogen and oxygen atoms in total. The number of rotatable bonds is 5. The van der Waals surface area contributed by atoms with Crippen molar-refractivity contribution >= 4 is 39.0 Å². The lowest BCUT2D eigenvalue weighted by Crippen LogP contribution is -2.21. The summed E-state index contributed by atoms with van der Waals surface area (Å²) in [6.45, 7) is 1.29. The summed E-state index contributed by atoms with van der Waals surface area (Å²) in [5.41, 5.74) is 1.39. The average Bonchev–Trinajstić information content (AvgIpc) is 2.54. The van der Waals surface area contributed by atoms with E-state index in [1.54, 1.807) is 25.1 Å². The van der Waals surface area contributed by atoms with Gasteiger partial charge in [0.05, 0.1) is 10.5 Å². The third kappa shape index (κ3) is 5.30. The lowest BCUT2D eigenvalue weighted by Gasteiger charge is -2.09. The number of sulfone groups is 1. The number of ether oxygens (including phenoxy) is 1. The number of hydrogen-bond donors (Lipinski definition) is 1. The molecule has 2 aromatic carbocycles. The van der Waals surface area contributed by atoms with E-state index in [4.69, 9.17) is 16.3 Å². The van der Waals surface area contributed by atoms with Gasteiger partial charge in [0.2, 0.25) is 0 Å². The fraction of sp³-hybridized carbons (Fsp3) is 0.176. The van der Waals surface area contributed by atoms with E-state index in [2.05, 4.69) is 5.32 Å². The van der Waals surface area contributed by atoms with Gasteiger partial charge in [0.25, 0.3) is 5.91 Å². The van der Waals surface area contributed by atoms with Gasteiger partial charge in [-0.3, -0.25) is 4.79 Å². The van der Waals surface area contributed by atoms with Crippen molar-refractivity contribution in [2.24, 2.45) is 0 Å². The van der Waals surface area contributed by atoms with Crippen LogP contribution in [0.5, 0.6) is 0 Å². The molecular formula is C17H16ClNO5S. The maximum absolute atomic E-state index is 12.0. The first-order valence-electron chi connectivity index (χ1n) is 7.20. The molecule has 0 aliphatic rings. The van der Waals surface area contributed by atoms with E-state index in [0.29, 0.717) is 10.7 Å².